The zero-order valence-corrected chi connectivity index (χ0v) is 27.0. The largest absolute Gasteiger partial charge is 0.369 e. The van der Waals surface area contributed by atoms with Crippen LogP contribution in [0.15, 0.2) is 11.6 Å². The normalized spacial score (nSPS) is 35.6. The van der Waals surface area contributed by atoms with Gasteiger partial charge in [-0.25, -0.2) is 0 Å². The molecule has 3 fully saturated rings. The number of primary amides is 1. The van der Waals surface area contributed by atoms with Gasteiger partial charge < -0.3 is 22.5 Å². The number of hydrogen-bond acceptors (Lipinski definition) is 4. The maximum absolute atomic E-state index is 11.8. The average molecular weight is 559 g/mol. The van der Waals surface area contributed by atoms with Crippen molar-refractivity contribution in [3.8, 4) is 0 Å². The number of nitrogens with one attached hydrogen (secondary N) is 1. The topological polar surface area (TPSA) is 107 Å². The van der Waals surface area contributed by atoms with Gasteiger partial charge in [-0.2, -0.15) is 0 Å². The van der Waals surface area contributed by atoms with Crippen molar-refractivity contribution in [2.45, 2.75) is 125 Å². The van der Waals surface area contributed by atoms with Crippen LogP contribution in [0.2, 0.25) is 0 Å². The van der Waals surface area contributed by atoms with E-state index in [1.54, 1.807) is 5.57 Å². The van der Waals surface area contributed by atoms with Crippen molar-refractivity contribution in [1.82, 2.24) is 5.32 Å². The lowest BCUT2D eigenvalue weighted by Gasteiger charge is -2.58. The lowest BCUT2D eigenvalue weighted by molar-refractivity contribution is -0.123. The Balaban J connectivity index is 0.000000378. The molecule has 7 N–H and O–H groups in total. The molecule has 5 heteroatoms. The van der Waals surface area contributed by atoms with E-state index in [4.69, 9.17) is 17.2 Å². The summed E-state index contributed by atoms with van der Waals surface area (Å²) in [6, 6.07) is 0. The Morgan fingerprint density at radius 1 is 0.925 bits per heavy atom. The summed E-state index contributed by atoms with van der Waals surface area (Å²) in [5.41, 5.74) is 18.8. The SMILES string of the molecule is CC(C)CCC[C@@H](C)[C@H]1CCC2C3CC=C4CC(C(N)=O)CC[C@]4(C)C3CC[C@@]21C.NCCCCNCCCN. The molecule has 4 unspecified atom stereocenters. The van der Waals surface area contributed by atoms with Crippen LogP contribution in [0, 0.1) is 52.3 Å². The number of carbonyl (C=O) groups is 1. The molecule has 232 valence electrons. The lowest BCUT2D eigenvalue weighted by atomic mass is 9.46. The van der Waals surface area contributed by atoms with Gasteiger partial charge >= 0.3 is 0 Å². The Bertz CT molecular complexity index is 803. The van der Waals surface area contributed by atoms with Gasteiger partial charge in [0.15, 0.2) is 0 Å². The average Bonchev–Trinajstić information content (AvgIpc) is 3.27. The number of hydrogen-bond donors (Lipinski definition) is 4. The van der Waals surface area contributed by atoms with Gasteiger partial charge in [0.1, 0.15) is 0 Å². The van der Waals surface area contributed by atoms with E-state index in [0.717, 1.165) is 87.4 Å². The molecule has 0 aromatic carbocycles. The fourth-order valence-electron chi connectivity index (χ4n) is 9.67. The van der Waals surface area contributed by atoms with Crippen LogP contribution in [0.3, 0.4) is 0 Å². The number of amides is 1. The zero-order valence-electron chi connectivity index (χ0n) is 27.0. The Labute approximate surface area is 247 Å². The second-order valence-electron chi connectivity index (χ2n) is 15.0. The third-order valence-corrected chi connectivity index (χ3v) is 12.1. The molecule has 0 radical (unpaired) electrons. The molecule has 0 heterocycles. The molecule has 0 aliphatic heterocycles. The van der Waals surface area contributed by atoms with E-state index in [1.165, 1.54) is 64.2 Å². The van der Waals surface area contributed by atoms with Crippen molar-refractivity contribution in [2.24, 2.45) is 69.5 Å². The van der Waals surface area contributed by atoms with E-state index in [1.807, 2.05) is 0 Å². The second-order valence-corrected chi connectivity index (χ2v) is 15.0. The number of fused-ring (bicyclic) bond motifs is 5. The smallest absolute Gasteiger partial charge is 0.220 e. The third kappa shape index (κ3) is 7.92. The first-order chi connectivity index (χ1) is 19.1. The lowest BCUT2D eigenvalue weighted by Crippen LogP contribution is -2.51. The highest BCUT2D eigenvalue weighted by Crippen LogP contribution is 2.67. The molecular weight excluding hydrogens is 492 g/mol. The molecule has 0 aromatic heterocycles. The van der Waals surface area contributed by atoms with Crippen LogP contribution < -0.4 is 22.5 Å². The van der Waals surface area contributed by atoms with E-state index in [2.05, 4.69) is 46.0 Å². The van der Waals surface area contributed by atoms with E-state index in [9.17, 15) is 4.79 Å². The standard InChI is InChI=1S/C28H47NO.C7H19N3/c1-18(2)7-6-8-19(3)23-11-12-24-22-10-9-21-17-20(26(29)30)13-15-27(21,4)25(22)14-16-28(23,24)5;8-4-1-2-6-10-7-3-5-9/h9,18-20,22-25H,6-8,10-17H2,1-5H3,(H2,29,30);10H,1-9H2/t19-,20?,22?,23-,24?,25?,27+,28-;/m1./s1. The maximum atomic E-state index is 11.8. The molecule has 1 amide bonds. The zero-order chi connectivity index (χ0) is 29.3. The Morgan fingerprint density at radius 2 is 1.65 bits per heavy atom. The molecular formula is C35H66N4O. The van der Waals surface area contributed by atoms with Crippen LogP contribution in [0.25, 0.3) is 0 Å². The molecule has 0 bridgehead atoms. The minimum atomic E-state index is -0.0821. The fourth-order valence-corrected chi connectivity index (χ4v) is 9.67. The fraction of sp³-hybridized carbons (Fsp3) is 0.914. The van der Waals surface area contributed by atoms with Gasteiger partial charge in [-0.05, 0) is 143 Å². The third-order valence-electron chi connectivity index (χ3n) is 12.1. The molecule has 3 saturated carbocycles. The molecule has 4 aliphatic rings. The van der Waals surface area contributed by atoms with Crippen LogP contribution in [0.4, 0.5) is 0 Å². The number of carbonyl (C=O) groups excluding carboxylic acids is 1. The van der Waals surface area contributed by atoms with E-state index >= 15 is 0 Å². The summed E-state index contributed by atoms with van der Waals surface area (Å²) in [5.74, 6) is 5.27. The number of rotatable bonds is 13. The van der Waals surface area contributed by atoms with Crippen molar-refractivity contribution in [3.05, 3.63) is 11.6 Å². The highest BCUT2D eigenvalue weighted by Gasteiger charge is 2.59. The second kappa shape index (κ2) is 15.5. The van der Waals surface area contributed by atoms with Crippen LogP contribution in [0.5, 0.6) is 0 Å². The molecule has 4 aliphatic carbocycles. The molecule has 0 aromatic rings. The van der Waals surface area contributed by atoms with Crippen LogP contribution in [-0.4, -0.2) is 32.1 Å². The summed E-state index contributed by atoms with van der Waals surface area (Å²) in [4.78, 5) is 11.8. The van der Waals surface area contributed by atoms with E-state index in [-0.39, 0.29) is 11.8 Å². The van der Waals surface area contributed by atoms with Gasteiger partial charge in [-0.1, -0.05) is 65.5 Å². The predicted molar refractivity (Wildman–Crippen MR) is 171 cm³/mol. The van der Waals surface area contributed by atoms with E-state index in [0.29, 0.717) is 10.8 Å². The molecule has 0 saturated heterocycles. The summed E-state index contributed by atoms with van der Waals surface area (Å²) in [6.45, 7) is 16.2. The monoisotopic (exact) mass is 559 g/mol. The van der Waals surface area contributed by atoms with Gasteiger partial charge in [0.25, 0.3) is 0 Å². The van der Waals surface area contributed by atoms with Crippen LogP contribution in [0.1, 0.15) is 125 Å². The first kappa shape index (κ1) is 33.6. The number of unbranched alkanes of at least 4 members (excludes halogenated alkanes) is 1. The summed E-state index contributed by atoms with van der Waals surface area (Å²) in [7, 11) is 0. The van der Waals surface area contributed by atoms with Gasteiger partial charge in [-0.15, -0.1) is 0 Å². The molecule has 4 rings (SSSR count). The first-order valence-corrected chi connectivity index (χ1v) is 17.2. The van der Waals surface area contributed by atoms with E-state index < -0.39 is 0 Å². The van der Waals surface area contributed by atoms with Gasteiger partial charge in [0, 0.05) is 5.92 Å². The van der Waals surface area contributed by atoms with Crippen molar-refractivity contribution in [1.29, 1.82) is 0 Å². The van der Waals surface area contributed by atoms with Crippen molar-refractivity contribution >= 4 is 5.91 Å². The van der Waals surface area contributed by atoms with Crippen molar-refractivity contribution in [3.63, 3.8) is 0 Å². The highest BCUT2D eigenvalue weighted by atomic mass is 16.1. The minimum Gasteiger partial charge on any atom is -0.369 e. The van der Waals surface area contributed by atoms with Gasteiger partial charge in [-0.3, -0.25) is 4.79 Å². The molecule has 0 spiro atoms. The molecule has 40 heavy (non-hydrogen) atoms. The Hall–Kier alpha value is -0.910. The maximum Gasteiger partial charge on any atom is 0.220 e. The quantitative estimate of drug-likeness (QED) is 0.147. The summed E-state index contributed by atoms with van der Waals surface area (Å²) in [5, 5.41) is 3.29. The molecule has 5 nitrogen and oxygen atoms in total. The van der Waals surface area contributed by atoms with Crippen LogP contribution >= 0.6 is 0 Å². The summed E-state index contributed by atoms with van der Waals surface area (Å²) in [6.07, 6.45) is 20.3. The summed E-state index contributed by atoms with van der Waals surface area (Å²) < 4.78 is 0. The predicted octanol–water partition coefficient (Wildman–Crippen LogP) is 6.79. The first-order valence-electron chi connectivity index (χ1n) is 17.2. The molecule has 8 atom stereocenters. The van der Waals surface area contributed by atoms with Crippen molar-refractivity contribution < 1.29 is 4.79 Å². The van der Waals surface area contributed by atoms with Gasteiger partial charge in [0.2, 0.25) is 5.91 Å². The minimum absolute atomic E-state index is 0.0808. The summed E-state index contributed by atoms with van der Waals surface area (Å²) >= 11 is 0. The van der Waals surface area contributed by atoms with Gasteiger partial charge in [0.05, 0.1) is 0 Å². The Kier molecular flexibility index (Phi) is 13.0. The van der Waals surface area contributed by atoms with Crippen molar-refractivity contribution in [2.75, 3.05) is 26.2 Å². The van der Waals surface area contributed by atoms with Crippen LogP contribution in [-0.2, 0) is 4.79 Å². The Morgan fingerprint density at radius 3 is 2.33 bits per heavy atom. The number of allylic oxidation sites excluding steroid dienone is 2. The number of nitrogens with two attached hydrogens (primary N) is 3. The highest BCUT2D eigenvalue weighted by molar-refractivity contribution is 5.77.